The van der Waals surface area contributed by atoms with E-state index in [4.69, 9.17) is 17.3 Å². The van der Waals surface area contributed by atoms with Crippen molar-refractivity contribution in [1.29, 1.82) is 0 Å². The summed E-state index contributed by atoms with van der Waals surface area (Å²) >= 11 is 6.47. The molecule has 0 radical (unpaired) electrons. The molecule has 0 aromatic heterocycles. The Bertz CT molecular complexity index is 1230. The lowest BCUT2D eigenvalue weighted by Crippen LogP contribution is -2.44. The second-order valence-electron chi connectivity index (χ2n) is 8.78. The van der Waals surface area contributed by atoms with Gasteiger partial charge in [-0.1, -0.05) is 23.7 Å². The normalized spacial score (nSPS) is 17.6. The highest BCUT2D eigenvalue weighted by atomic mass is 35.5. The molecular weight excluding hydrogens is 472 g/mol. The van der Waals surface area contributed by atoms with Gasteiger partial charge in [0.05, 0.1) is 0 Å². The van der Waals surface area contributed by atoms with Crippen LogP contribution in [0.15, 0.2) is 66.7 Å². The van der Waals surface area contributed by atoms with Crippen molar-refractivity contribution in [2.24, 2.45) is 5.73 Å². The molecule has 4 rings (SSSR count). The molecular formula is C27H26ClF2N3O2. The summed E-state index contributed by atoms with van der Waals surface area (Å²) in [5, 5.41) is 3.18. The first-order chi connectivity index (χ1) is 16.8. The van der Waals surface area contributed by atoms with Crippen molar-refractivity contribution in [2.75, 3.05) is 5.32 Å². The predicted octanol–water partition coefficient (Wildman–Crippen LogP) is 5.78. The Kier molecular flexibility index (Phi) is 7.78. The maximum Gasteiger partial charge on any atom is 0.255 e. The fourth-order valence-electron chi connectivity index (χ4n) is 4.36. The zero-order valence-electron chi connectivity index (χ0n) is 19.0. The first kappa shape index (κ1) is 24.8. The zero-order chi connectivity index (χ0) is 24.9. The molecule has 0 bridgehead atoms. The van der Waals surface area contributed by atoms with E-state index in [9.17, 15) is 18.4 Å². The predicted molar refractivity (Wildman–Crippen MR) is 132 cm³/mol. The van der Waals surface area contributed by atoms with E-state index in [1.54, 1.807) is 29.2 Å². The van der Waals surface area contributed by atoms with E-state index in [1.165, 1.54) is 36.4 Å². The standard InChI is InChI=1S/C27H26ClF2N3O2/c28-25-12-9-23(32-26(34)17-3-1-5-20(29)13-17)15-19(25)16-33(24-10-7-22(31)8-11-24)27(35)18-4-2-6-21(30)14-18/h1-6,9,12-15,22,24H,7-8,10-11,16,31H2,(H,32,34). The van der Waals surface area contributed by atoms with E-state index in [0.29, 0.717) is 16.3 Å². The Hall–Kier alpha value is -3.29. The van der Waals surface area contributed by atoms with Crippen LogP contribution in [0.1, 0.15) is 52.0 Å². The maximum absolute atomic E-state index is 13.8. The van der Waals surface area contributed by atoms with Crippen molar-refractivity contribution < 1.29 is 18.4 Å². The van der Waals surface area contributed by atoms with E-state index in [0.717, 1.165) is 31.7 Å². The molecule has 3 aromatic rings. The van der Waals surface area contributed by atoms with Gasteiger partial charge < -0.3 is 16.0 Å². The zero-order valence-corrected chi connectivity index (χ0v) is 19.8. The summed E-state index contributed by atoms with van der Waals surface area (Å²) in [7, 11) is 0. The second kappa shape index (κ2) is 11.0. The molecule has 2 amide bonds. The van der Waals surface area contributed by atoms with E-state index >= 15 is 0 Å². The Balaban J connectivity index is 1.59. The SMILES string of the molecule is NC1CCC(N(Cc2cc(NC(=O)c3cccc(F)c3)ccc2Cl)C(=O)c2cccc(F)c2)CC1. The fourth-order valence-corrected chi connectivity index (χ4v) is 4.53. The van der Waals surface area contributed by atoms with Crippen molar-refractivity contribution in [3.63, 3.8) is 0 Å². The molecule has 3 aromatic carbocycles. The summed E-state index contributed by atoms with van der Waals surface area (Å²) in [5.74, 6) is -1.75. The molecule has 0 spiro atoms. The molecule has 1 aliphatic carbocycles. The van der Waals surface area contributed by atoms with Crippen LogP contribution in [-0.4, -0.2) is 28.8 Å². The van der Waals surface area contributed by atoms with Crippen LogP contribution in [0.5, 0.6) is 0 Å². The molecule has 0 heterocycles. The van der Waals surface area contributed by atoms with Crippen molar-refractivity contribution in [2.45, 2.75) is 44.3 Å². The van der Waals surface area contributed by atoms with Crippen molar-refractivity contribution in [1.82, 2.24) is 4.90 Å². The first-order valence-corrected chi connectivity index (χ1v) is 11.9. The number of nitrogens with one attached hydrogen (secondary N) is 1. The Morgan fingerprint density at radius 3 is 2.20 bits per heavy atom. The number of nitrogens with zero attached hydrogens (tertiary/aromatic N) is 1. The molecule has 1 aliphatic rings. The van der Waals surface area contributed by atoms with Crippen LogP contribution in [0.3, 0.4) is 0 Å². The van der Waals surface area contributed by atoms with Crippen LogP contribution >= 0.6 is 11.6 Å². The van der Waals surface area contributed by atoms with Gasteiger partial charge in [0.2, 0.25) is 0 Å². The van der Waals surface area contributed by atoms with Gasteiger partial charge in [0.15, 0.2) is 0 Å². The van der Waals surface area contributed by atoms with Crippen molar-refractivity contribution >= 4 is 29.1 Å². The number of halogens is 3. The summed E-state index contributed by atoms with van der Waals surface area (Å²) in [5.41, 5.74) is 7.59. The average Bonchev–Trinajstić information content (AvgIpc) is 2.84. The number of rotatable bonds is 6. The van der Waals surface area contributed by atoms with Crippen LogP contribution in [-0.2, 0) is 6.54 Å². The Labute approximate surface area is 207 Å². The van der Waals surface area contributed by atoms with Gasteiger partial charge >= 0.3 is 0 Å². The smallest absolute Gasteiger partial charge is 0.255 e. The highest BCUT2D eigenvalue weighted by Crippen LogP contribution is 2.29. The van der Waals surface area contributed by atoms with Crippen LogP contribution in [0.2, 0.25) is 5.02 Å². The summed E-state index contributed by atoms with van der Waals surface area (Å²) in [6.45, 7) is 0.178. The number of nitrogens with two attached hydrogens (primary N) is 1. The highest BCUT2D eigenvalue weighted by Gasteiger charge is 2.29. The lowest BCUT2D eigenvalue weighted by Gasteiger charge is -2.36. The third kappa shape index (κ3) is 6.24. The molecule has 182 valence electrons. The summed E-state index contributed by atoms with van der Waals surface area (Å²) in [6, 6.07) is 16.0. The Morgan fingerprint density at radius 1 is 0.914 bits per heavy atom. The highest BCUT2D eigenvalue weighted by molar-refractivity contribution is 6.31. The summed E-state index contributed by atoms with van der Waals surface area (Å²) < 4.78 is 27.3. The number of benzene rings is 3. The largest absolute Gasteiger partial charge is 0.331 e. The number of anilines is 1. The van der Waals surface area contributed by atoms with Gasteiger partial charge in [-0.25, -0.2) is 8.78 Å². The lowest BCUT2D eigenvalue weighted by molar-refractivity contribution is 0.0606. The van der Waals surface area contributed by atoms with Gasteiger partial charge in [-0.3, -0.25) is 9.59 Å². The topological polar surface area (TPSA) is 75.4 Å². The maximum atomic E-state index is 13.8. The number of carbonyl (C=O) groups is 2. The number of hydrogen-bond acceptors (Lipinski definition) is 3. The third-order valence-corrected chi connectivity index (χ3v) is 6.61. The lowest BCUT2D eigenvalue weighted by atomic mass is 9.90. The van der Waals surface area contributed by atoms with E-state index < -0.39 is 17.5 Å². The van der Waals surface area contributed by atoms with Crippen LogP contribution in [0, 0.1) is 11.6 Å². The molecule has 1 fully saturated rings. The monoisotopic (exact) mass is 497 g/mol. The van der Waals surface area contributed by atoms with Crippen LogP contribution in [0.4, 0.5) is 14.5 Å². The molecule has 0 atom stereocenters. The first-order valence-electron chi connectivity index (χ1n) is 11.5. The van der Waals surface area contributed by atoms with Gasteiger partial charge in [0.1, 0.15) is 11.6 Å². The second-order valence-corrected chi connectivity index (χ2v) is 9.19. The molecule has 0 unspecified atom stereocenters. The molecule has 1 saturated carbocycles. The van der Waals surface area contributed by atoms with Crippen LogP contribution < -0.4 is 11.1 Å². The van der Waals surface area contributed by atoms with Gasteiger partial charge in [-0.05, 0) is 85.8 Å². The molecule has 5 nitrogen and oxygen atoms in total. The van der Waals surface area contributed by atoms with Crippen molar-refractivity contribution in [3.8, 4) is 0 Å². The number of hydrogen-bond donors (Lipinski definition) is 2. The van der Waals surface area contributed by atoms with E-state index in [2.05, 4.69) is 5.32 Å². The third-order valence-electron chi connectivity index (χ3n) is 6.25. The average molecular weight is 498 g/mol. The van der Waals surface area contributed by atoms with Crippen molar-refractivity contribution in [3.05, 3.63) is 100 Å². The molecule has 8 heteroatoms. The quantitative estimate of drug-likeness (QED) is 0.453. The van der Waals surface area contributed by atoms with Crippen LogP contribution in [0.25, 0.3) is 0 Å². The molecule has 3 N–H and O–H groups in total. The van der Waals surface area contributed by atoms with Gasteiger partial charge in [-0.2, -0.15) is 0 Å². The van der Waals surface area contributed by atoms with E-state index in [1.807, 2.05) is 0 Å². The molecule has 0 saturated heterocycles. The summed E-state index contributed by atoms with van der Waals surface area (Å²) in [6.07, 6.45) is 3.04. The Morgan fingerprint density at radius 2 is 1.54 bits per heavy atom. The van der Waals surface area contributed by atoms with Gasteiger partial charge in [0, 0.05) is 40.5 Å². The molecule has 35 heavy (non-hydrogen) atoms. The minimum atomic E-state index is -0.506. The molecule has 0 aliphatic heterocycles. The van der Waals surface area contributed by atoms with Gasteiger partial charge in [-0.15, -0.1) is 0 Å². The fraction of sp³-hybridized carbons (Fsp3) is 0.259. The minimum absolute atomic E-state index is 0.0767. The number of amides is 2. The minimum Gasteiger partial charge on any atom is -0.331 e. The summed E-state index contributed by atoms with van der Waals surface area (Å²) in [4.78, 5) is 27.7. The van der Waals surface area contributed by atoms with Gasteiger partial charge in [0.25, 0.3) is 11.8 Å². The van der Waals surface area contributed by atoms with E-state index in [-0.39, 0.29) is 35.7 Å². The number of carbonyl (C=O) groups excluding carboxylic acids is 2.